The summed E-state index contributed by atoms with van der Waals surface area (Å²) in [5.41, 5.74) is 0. The Morgan fingerprint density at radius 3 is 2.59 bits per heavy atom. The fourth-order valence-corrected chi connectivity index (χ4v) is 2.93. The van der Waals surface area contributed by atoms with Crippen LogP contribution in [0.3, 0.4) is 0 Å². The highest BCUT2D eigenvalue weighted by molar-refractivity contribution is 7.90. The fourth-order valence-electron chi connectivity index (χ4n) is 2.37. The molecule has 5 heteroatoms. The van der Waals surface area contributed by atoms with Gasteiger partial charge in [0.25, 0.3) is 0 Å². The molecule has 0 saturated carbocycles. The van der Waals surface area contributed by atoms with Gasteiger partial charge < -0.3 is 5.32 Å². The molecule has 0 aromatic rings. The zero-order valence-electron chi connectivity index (χ0n) is 11.4. The van der Waals surface area contributed by atoms with Crippen molar-refractivity contribution < 1.29 is 8.42 Å². The molecule has 0 aromatic carbocycles. The Labute approximate surface area is 106 Å². The summed E-state index contributed by atoms with van der Waals surface area (Å²) >= 11 is 0. The normalized spacial score (nSPS) is 27.6. The van der Waals surface area contributed by atoms with E-state index in [4.69, 9.17) is 0 Å². The first-order valence-corrected chi connectivity index (χ1v) is 8.49. The van der Waals surface area contributed by atoms with Crippen LogP contribution in [0.2, 0.25) is 0 Å². The van der Waals surface area contributed by atoms with Gasteiger partial charge in [-0.15, -0.1) is 0 Å². The Hall–Kier alpha value is -0.130. The highest BCUT2D eigenvalue weighted by Gasteiger charge is 2.26. The zero-order valence-corrected chi connectivity index (χ0v) is 12.3. The van der Waals surface area contributed by atoms with Crippen molar-refractivity contribution >= 4 is 9.84 Å². The summed E-state index contributed by atoms with van der Waals surface area (Å²) in [7, 11) is -2.85. The first kappa shape index (κ1) is 14.9. The van der Waals surface area contributed by atoms with Gasteiger partial charge in [0, 0.05) is 38.0 Å². The highest BCUT2D eigenvalue weighted by Crippen LogP contribution is 2.15. The van der Waals surface area contributed by atoms with E-state index in [9.17, 15) is 8.42 Å². The lowest BCUT2D eigenvalue weighted by Gasteiger charge is -2.40. The van der Waals surface area contributed by atoms with Crippen molar-refractivity contribution in [2.75, 3.05) is 31.6 Å². The van der Waals surface area contributed by atoms with Gasteiger partial charge >= 0.3 is 0 Å². The van der Waals surface area contributed by atoms with Gasteiger partial charge in [-0.05, 0) is 19.3 Å². The van der Waals surface area contributed by atoms with E-state index in [1.807, 2.05) is 0 Å². The van der Waals surface area contributed by atoms with E-state index in [1.165, 1.54) is 6.26 Å². The molecule has 2 atom stereocenters. The molecule has 1 N–H and O–H groups in total. The molecule has 1 fully saturated rings. The van der Waals surface area contributed by atoms with Crippen LogP contribution >= 0.6 is 0 Å². The average Bonchev–Trinajstić information content (AvgIpc) is 2.16. The van der Waals surface area contributed by atoms with Gasteiger partial charge in [-0.1, -0.05) is 13.8 Å². The maximum atomic E-state index is 11.2. The minimum Gasteiger partial charge on any atom is -0.311 e. The molecule has 0 radical (unpaired) electrons. The van der Waals surface area contributed by atoms with E-state index in [-0.39, 0.29) is 5.75 Å². The van der Waals surface area contributed by atoms with Crippen molar-refractivity contribution in [2.45, 2.75) is 39.3 Å². The Bertz CT molecular complexity index is 327. The Kier molecular flexibility index (Phi) is 5.41. The van der Waals surface area contributed by atoms with Crippen LogP contribution in [0.1, 0.15) is 27.2 Å². The van der Waals surface area contributed by atoms with Crippen molar-refractivity contribution in [1.82, 2.24) is 10.2 Å². The Morgan fingerprint density at radius 2 is 2.06 bits per heavy atom. The van der Waals surface area contributed by atoms with Crippen LogP contribution < -0.4 is 5.32 Å². The molecule has 1 aliphatic rings. The summed E-state index contributed by atoms with van der Waals surface area (Å²) in [5, 5.41) is 3.47. The van der Waals surface area contributed by atoms with Crippen LogP contribution in [-0.2, 0) is 9.84 Å². The molecule has 0 aliphatic carbocycles. The zero-order chi connectivity index (χ0) is 13.1. The molecular formula is C12H26N2O2S. The molecule has 0 bridgehead atoms. The lowest BCUT2D eigenvalue weighted by Crippen LogP contribution is -2.56. The van der Waals surface area contributed by atoms with Gasteiger partial charge in [0.1, 0.15) is 9.84 Å². The molecule has 1 saturated heterocycles. The van der Waals surface area contributed by atoms with E-state index in [2.05, 4.69) is 31.0 Å². The average molecular weight is 262 g/mol. The van der Waals surface area contributed by atoms with Crippen LogP contribution in [0.15, 0.2) is 0 Å². The third-order valence-electron chi connectivity index (χ3n) is 3.22. The quantitative estimate of drug-likeness (QED) is 0.794. The number of piperazine rings is 1. The van der Waals surface area contributed by atoms with Crippen LogP contribution in [0.4, 0.5) is 0 Å². The molecule has 4 nitrogen and oxygen atoms in total. The van der Waals surface area contributed by atoms with E-state index < -0.39 is 9.84 Å². The molecule has 102 valence electrons. The topological polar surface area (TPSA) is 49.4 Å². The van der Waals surface area contributed by atoms with Crippen LogP contribution in [-0.4, -0.2) is 57.0 Å². The molecule has 0 amide bonds. The standard InChI is InChI=1S/C12H26N2O2S/c1-10(2)7-12-8-13-11(3)9-14(12)5-6-17(4,15)16/h10-13H,5-9H2,1-4H3. The molecule has 2 unspecified atom stereocenters. The number of sulfone groups is 1. The molecule has 1 aliphatic heterocycles. The lowest BCUT2D eigenvalue weighted by atomic mass is 9.99. The number of rotatable bonds is 5. The van der Waals surface area contributed by atoms with Gasteiger partial charge in [-0.3, -0.25) is 4.90 Å². The number of hydrogen-bond acceptors (Lipinski definition) is 4. The second-order valence-corrected chi connectivity index (χ2v) is 7.98. The van der Waals surface area contributed by atoms with E-state index in [0.717, 1.165) is 19.5 Å². The minimum atomic E-state index is -2.85. The summed E-state index contributed by atoms with van der Waals surface area (Å²) in [4.78, 5) is 2.34. The predicted molar refractivity (Wildman–Crippen MR) is 72.0 cm³/mol. The minimum absolute atomic E-state index is 0.272. The smallest absolute Gasteiger partial charge is 0.148 e. The van der Waals surface area contributed by atoms with Crippen molar-refractivity contribution in [3.63, 3.8) is 0 Å². The largest absolute Gasteiger partial charge is 0.311 e. The summed E-state index contributed by atoms with van der Waals surface area (Å²) in [5.74, 6) is 0.921. The van der Waals surface area contributed by atoms with Gasteiger partial charge in [-0.2, -0.15) is 0 Å². The molecule has 17 heavy (non-hydrogen) atoms. The van der Waals surface area contributed by atoms with E-state index in [1.54, 1.807) is 0 Å². The van der Waals surface area contributed by atoms with Crippen molar-refractivity contribution in [1.29, 1.82) is 0 Å². The highest BCUT2D eigenvalue weighted by atomic mass is 32.2. The predicted octanol–water partition coefficient (Wildman–Crippen LogP) is 0.739. The second-order valence-electron chi connectivity index (χ2n) is 5.72. The Morgan fingerprint density at radius 1 is 1.41 bits per heavy atom. The van der Waals surface area contributed by atoms with Crippen LogP contribution in [0.5, 0.6) is 0 Å². The number of nitrogens with zero attached hydrogens (tertiary/aromatic N) is 1. The van der Waals surface area contributed by atoms with Gasteiger partial charge in [-0.25, -0.2) is 8.42 Å². The third-order valence-corrected chi connectivity index (χ3v) is 4.14. The maximum absolute atomic E-state index is 11.2. The Balaban J connectivity index is 2.55. The van der Waals surface area contributed by atoms with Crippen LogP contribution in [0.25, 0.3) is 0 Å². The summed E-state index contributed by atoms with van der Waals surface area (Å²) in [6.45, 7) is 9.18. The number of nitrogens with one attached hydrogen (secondary N) is 1. The van der Waals surface area contributed by atoms with E-state index in [0.29, 0.717) is 24.5 Å². The van der Waals surface area contributed by atoms with Crippen molar-refractivity contribution in [3.8, 4) is 0 Å². The first-order chi connectivity index (χ1) is 7.78. The molecular weight excluding hydrogens is 236 g/mol. The SMILES string of the molecule is CC(C)CC1CNC(C)CN1CCS(C)(=O)=O. The van der Waals surface area contributed by atoms with Crippen molar-refractivity contribution in [3.05, 3.63) is 0 Å². The molecule has 0 aromatic heterocycles. The summed E-state index contributed by atoms with van der Waals surface area (Å²) in [6, 6.07) is 0.936. The van der Waals surface area contributed by atoms with Gasteiger partial charge in [0.15, 0.2) is 0 Å². The number of hydrogen-bond donors (Lipinski definition) is 1. The first-order valence-electron chi connectivity index (χ1n) is 6.43. The fraction of sp³-hybridized carbons (Fsp3) is 1.00. The third kappa shape index (κ3) is 5.84. The molecule has 0 spiro atoms. The molecule has 1 rings (SSSR count). The molecule has 1 heterocycles. The van der Waals surface area contributed by atoms with Gasteiger partial charge in [0.05, 0.1) is 5.75 Å². The van der Waals surface area contributed by atoms with Crippen molar-refractivity contribution in [2.24, 2.45) is 5.92 Å². The summed E-state index contributed by atoms with van der Waals surface area (Å²) < 4.78 is 22.5. The summed E-state index contributed by atoms with van der Waals surface area (Å²) in [6.07, 6.45) is 2.44. The maximum Gasteiger partial charge on any atom is 0.148 e. The van der Waals surface area contributed by atoms with Crippen LogP contribution in [0, 0.1) is 5.92 Å². The van der Waals surface area contributed by atoms with E-state index >= 15 is 0 Å². The second kappa shape index (κ2) is 6.16. The van der Waals surface area contributed by atoms with Gasteiger partial charge in [0.2, 0.25) is 0 Å². The lowest BCUT2D eigenvalue weighted by molar-refractivity contribution is 0.126. The monoisotopic (exact) mass is 262 g/mol.